The summed E-state index contributed by atoms with van der Waals surface area (Å²) in [7, 11) is -2.95. The van der Waals surface area contributed by atoms with Crippen LogP contribution in [-0.2, 0) is 22.8 Å². The van der Waals surface area contributed by atoms with Crippen molar-refractivity contribution in [3.05, 3.63) is 35.4 Å². The van der Waals surface area contributed by atoms with Crippen LogP contribution >= 0.6 is 24.0 Å². The van der Waals surface area contributed by atoms with Gasteiger partial charge in [-0.05, 0) is 43.7 Å². The van der Waals surface area contributed by atoms with E-state index in [-0.39, 0.29) is 35.8 Å². The lowest BCUT2D eigenvalue weighted by atomic mass is 9.95. The molecule has 30 heavy (non-hydrogen) atoms. The lowest BCUT2D eigenvalue weighted by molar-refractivity contribution is 0.144. The molecular weight excluding hydrogens is 511 g/mol. The molecule has 1 aliphatic rings. The van der Waals surface area contributed by atoms with Gasteiger partial charge in [0.25, 0.3) is 0 Å². The number of nitrogens with zero attached hydrogens (tertiary/aromatic N) is 2. The fraction of sp³-hybridized carbons (Fsp3) is 0.682. The van der Waals surface area contributed by atoms with Crippen molar-refractivity contribution in [3.8, 4) is 0 Å². The molecular formula is C22H39IN4O2S. The highest BCUT2D eigenvalue weighted by Gasteiger charge is 2.25. The fourth-order valence-electron chi connectivity index (χ4n) is 3.75. The van der Waals surface area contributed by atoms with Crippen LogP contribution in [0.4, 0.5) is 0 Å². The van der Waals surface area contributed by atoms with Gasteiger partial charge in [-0.1, -0.05) is 38.1 Å². The van der Waals surface area contributed by atoms with Gasteiger partial charge < -0.3 is 10.6 Å². The second-order valence-corrected chi connectivity index (χ2v) is 10.7. The number of benzene rings is 1. The summed E-state index contributed by atoms with van der Waals surface area (Å²) in [6.07, 6.45) is 2.94. The normalized spacial score (nSPS) is 17.1. The Morgan fingerprint density at radius 3 is 2.47 bits per heavy atom. The number of aliphatic imine (C=N–C) groups is 1. The number of hydrogen-bond donors (Lipinski definition) is 2. The van der Waals surface area contributed by atoms with E-state index >= 15 is 0 Å². The summed E-state index contributed by atoms with van der Waals surface area (Å²) >= 11 is 0. The Morgan fingerprint density at radius 1 is 1.20 bits per heavy atom. The molecule has 0 saturated carbocycles. The lowest BCUT2D eigenvalue weighted by Crippen LogP contribution is -2.46. The number of fused-ring (bicyclic) bond motifs is 1. The van der Waals surface area contributed by atoms with Crippen LogP contribution in [0.15, 0.2) is 29.3 Å². The number of nitrogens with one attached hydrogen (secondary N) is 2. The Balaban J connectivity index is 0.00000450. The Bertz CT molecular complexity index is 783. The highest BCUT2D eigenvalue weighted by molar-refractivity contribution is 14.0. The van der Waals surface area contributed by atoms with Crippen LogP contribution < -0.4 is 10.6 Å². The largest absolute Gasteiger partial charge is 0.357 e. The van der Waals surface area contributed by atoms with Crippen molar-refractivity contribution in [2.45, 2.75) is 59.2 Å². The minimum atomic E-state index is -2.95. The third-order valence-electron chi connectivity index (χ3n) is 5.48. The highest BCUT2D eigenvalue weighted by atomic mass is 127. The number of rotatable bonds is 9. The maximum Gasteiger partial charge on any atom is 0.191 e. The van der Waals surface area contributed by atoms with E-state index in [4.69, 9.17) is 4.99 Å². The molecule has 2 rings (SSSR count). The zero-order valence-electron chi connectivity index (χ0n) is 19.0. The van der Waals surface area contributed by atoms with E-state index in [1.807, 2.05) is 13.8 Å². The molecule has 1 aliphatic heterocycles. The number of guanidine groups is 1. The fourth-order valence-corrected chi connectivity index (χ4v) is 4.53. The van der Waals surface area contributed by atoms with E-state index in [0.717, 1.165) is 32.0 Å². The minimum absolute atomic E-state index is 0. The minimum Gasteiger partial charge on any atom is -0.357 e. The molecule has 172 valence electrons. The van der Waals surface area contributed by atoms with E-state index in [1.54, 1.807) is 0 Å². The smallest absolute Gasteiger partial charge is 0.191 e. The van der Waals surface area contributed by atoms with Crippen molar-refractivity contribution in [2.24, 2.45) is 10.9 Å². The summed E-state index contributed by atoms with van der Waals surface area (Å²) in [5, 5.41) is 6.65. The number of sulfone groups is 1. The van der Waals surface area contributed by atoms with Gasteiger partial charge in [-0.3, -0.25) is 9.89 Å². The monoisotopic (exact) mass is 550 g/mol. The third kappa shape index (κ3) is 9.09. The molecule has 2 unspecified atom stereocenters. The summed E-state index contributed by atoms with van der Waals surface area (Å²) in [4.78, 5) is 7.40. The summed E-state index contributed by atoms with van der Waals surface area (Å²) in [5.41, 5.74) is 2.89. The first-order valence-corrected chi connectivity index (χ1v) is 12.8. The average molecular weight is 551 g/mol. The Kier molecular flexibility index (Phi) is 11.6. The van der Waals surface area contributed by atoms with Crippen LogP contribution in [0, 0.1) is 5.92 Å². The van der Waals surface area contributed by atoms with E-state index in [2.05, 4.69) is 53.6 Å². The van der Waals surface area contributed by atoms with Gasteiger partial charge in [-0.25, -0.2) is 8.42 Å². The maximum atomic E-state index is 11.4. The first-order valence-electron chi connectivity index (χ1n) is 10.7. The van der Waals surface area contributed by atoms with E-state index in [9.17, 15) is 8.42 Å². The van der Waals surface area contributed by atoms with Gasteiger partial charge in [0.15, 0.2) is 5.96 Å². The SMILES string of the molecule is CCNC(=NCC(C(C)C)N1CCc2ccccc2C1)NC(C)CCS(C)(=O)=O.I. The molecule has 0 aromatic heterocycles. The van der Waals surface area contributed by atoms with E-state index in [0.29, 0.717) is 24.9 Å². The molecule has 1 aromatic carbocycles. The molecule has 2 atom stereocenters. The molecule has 0 amide bonds. The van der Waals surface area contributed by atoms with Gasteiger partial charge in [0.2, 0.25) is 0 Å². The molecule has 8 heteroatoms. The summed E-state index contributed by atoms with van der Waals surface area (Å²) in [6, 6.07) is 9.12. The van der Waals surface area contributed by atoms with Crippen molar-refractivity contribution < 1.29 is 8.42 Å². The van der Waals surface area contributed by atoms with E-state index in [1.165, 1.54) is 17.4 Å². The molecule has 6 nitrogen and oxygen atoms in total. The average Bonchev–Trinajstić information content (AvgIpc) is 2.65. The summed E-state index contributed by atoms with van der Waals surface area (Å²) < 4.78 is 22.8. The first-order chi connectivity index (χ1) is 13.7. The van der Waals surface area contributed by atoms with Crippen molar-refractivity contribution in [3.63, 3.8) is 0 Å². The van der Waals surface area contributed by atoms with Crippen LogP contribution in [0.2, 0.25) is 0 Å². The standard InChI is InChI=1S/C22H38N4O2S.HI/c1-6-23-22(25-18(4)12-14-29(5,27)28)24-15-21(17(2)3)26-13-11-19-9-7-8-10-20(19)16-26;/h7-10,17-18,21H,6,11-16H2,1-5H3,(H2,23,24,25);1H. The molecule has 0 spiro atoms. The van der Waals surface area contributed by atoms with Crippen molar-refractivity contribution in [1.82, 2.24) is 15.5 Å². The van der Waals surface area contributed by atoms with Crippen LogP contribution in [0.3, 0.4) is 0 Å². The number of halogens is 1. The van der Waals surface area contributed by atoms with Crippen LogP contribution in [0.5, 0.6) is 0 Å². The first kappa shape index (κ1) is 27.2. The van der Waals surface area contributed by atoms with Crippen LogP contribution in [0.25, 0.3) is 0 Å². The second kappa shape index (κ2) is 12.9. The number of hydrogen-bond acceptors (Lipinski definition) is 4. The molecule has 2 N–H and O–H groups in total. The van der Waals surface area contributed by atoms with Gasteiger partial charge in [0.1, 0.15) is 9.84 Å². The van der Waals surface area contributed by atoms with Gasteiger partial charge in [-0.2, -0.15) is 0 Å². The lowest BCUT2D eigenvalue weighted by Gasteiger charge is -2.37. The Hall–Kier alpha value is -0.870. The topological polar surface area (TPSA) is 73.8 Å². The predicted molar refractivity (Wildman–Crippen MR) is 138 cm³/mol. The van der Waals surface area contributed by atoms with Gasteiger partial charge in [0, 0.05) is 38.0 Å². The quantitative estimate of drug-likeness (QED) is 0.281. The van der Waals surface area contributed by atoms with Crippen LogP contribution in [0.1, 0.15) is 45.2 Å². The molecule has 1 heterocycles. The summed E-state index contributed by atoms with van der Waals surface area (Å²) in [6.45, 7) is 12.1. The zero-order chi connectivity index (χ0) is 21.4. The van der Waals surface area contributed by atoms with Crippen LogP contribution in [-0.4, -0.2) is 63.0 Å². The molecule has 0 aliphatic carbocycles. The zero-order valence-corrected chi connectivity index (χ0v) is 22.2. The Morgan fingerprint density at radius 2 is 1.87 bits per heavy atom. The predicted octanol–water partition coefficient (Wildman–Crippen LogP) is 3.07. The highest BCUT2D eigenvalue weighted by Crippen LogP contribution is 2.23. The Labute approximate surface area is 200 Å². The van der Waals surface area contributed by atoms with Gasteiger partial charge >= 0.3 is 0 Å². The molecule has 1 aromatic rings. The van der Waals surface area contributed by atoms with Crippen molar-refractivity contribution >= 4 is 39.8 Å². The molecule has 0 radical (unpaired) electrons. The van der Waals surface area contributed by atoms with E-state index < -0.39 is 9.84 Å². The van der Waals surface area contributed by atoms with Gasteiger partial charge in [0.05, 0.1) is 12.3 Å². The summed E-state index contributed by atoms with van der Waals surface area (Å²) in [5.74, 6) is 1.44. The maximum absolute atomic E-state index is 11.4. The van der Waals surface area contributed by atoms with Gasteiger partial charge in [-0.15, -0.1) is 24.0 Å². The van der Waals surface area contributed by atoms with Crippen molar-refractivity contribution in [1.29, 1.82) is 0 Å². The third-order valence-corrected chi connectivity index (χ3v) is 6.46. The molecule has 0 saturated heterocycles. The second-order valence-electron chi connectivity index (χ2n) is 8.48. The molecule has 0 fully saturated rings. The van der Waals surface area contributed by atoms with Crippen molar-refractivity contribution in [2.75, 3.05) is 31.6 Å². The molecule has 0 bridgehead atoms.